The Labute approximate surface area is 157 Å². The Morgan fingerprint density at radius 1 is 1.11 bits per heavy atom. The van der Waals surface area contributed by atoms with Crippen LogP contribution in [0.1, 0.15) is 50.5 Å². The van der Waals surface area contributed by atoms with E-state index in [0.29, 0.717) is 5.69 Å². The molecule has 1 aliphatic carbocycles. The number of aromatic nitrogens is 2. The molecule has 1 aliphatic heterocycles. The summed E-state index contributed by atoms with van der Waals surface area (Å²) in [5.74, 6) is -0.531. The van der Waals surface area contributed by atoms with Crippen molar-refractivity contribution < 1.29 is 9.18 Å². The summed E-state index contributed by atoms with van der Waals surface area (Å²) >= 11 is 0. The molecular weight excluding hydrogens is 345 g/mol. The van der Waals surface area contributed by atoms with Gasteiger partial charge in [0.15, 0.2) is 0 Å². The van der Waals surface area contributed by atoms with E-state index in [0.717, 1.165) is 30.5 Å². The molecule has 6 heteroatoms. The van der Waals surface area contributed by atoms with Crippen LogP contribution in [0.2, 0.25) is 0 Å². The average molecular weight is 369 g/mol. The van der Waals surface area contributed by atoms with E-state index in [1.54, 1.807) is 0 Å². The lowest BCUT2D eigenvalue weighted by atomic mass is 9.65. The summed E-state index contributed by atoms with van der Waals surface area (Å²) in [5.41, 5.74) is 0.671. The quantitative estimate of drug-likeness (QED) is 0.815. The molecule has 2 aromatic rings. The van der Waals surface area contributed by atoms with Crippen LogP contribution in [0.4, 0.5) is 4.39 Å². The molecule has 1 aromatic carbocycles. The van der Waals surface area contributed by atoms with Gasteiger partial charge in [0.25, 0.3) is 11.5 Å². The molecule has 0 N–H and O–H groups in total. The SMILES string of the molecule is CC1(C)CC2CC(C)(CN2C(=O)c2ccc(=O)n(-c3ccc(F)cc3)n2)C1. The predicted molar refractivity (Wildman–Crippen MR) is 100 cm³/mol. The lowest BCUT2D eigenvalue weighted by molar-refractivity contribution is 0.0700. The molecule has 1 aromatic heterocycles. The van der Waals surface area contributed by atoms with Gasteiger partial charge in [-0.1, -0.05) is 20.8 Å². The molecule has 2 fully saturated rings. The van der Waals surface area contributed by atoms with Crippen LogP contribution >= 0.6 is 0 Å². The molecule has 2 atom stereocenters. The number of hydrogen-bond donors (Lipinski definition) is 0. The van der Waals surface area contributed by atoms with Gasteiger partial charge in [0.05, 0.1) is 5.69 Å². The Kier molecular flexibility index (Phi) is 3.98. The minimum atomic E-state index is -0.390. The Morgan fingerprint density at radius 3 is 2.52 bits per heavy atom. The Balaban J connectivity index is 1.66. The third-order valence-electron chi connectivity index (χ3n) is 5.77. The van der Waals surface area contributed by atoms with Crippen LogP contribution in [-0.2, 0) is 0 Å². The standard InChI is InChI=1S/C21H24FN3O2/c1-20(2)10-16-11-21(3,12-20)13-24(16)19(27)17-8-9-18(26)25(23-17)15-6-4-14(22)5-7-15/h4-9,16H,10-13H2,1-3H3. The summed E-state index contributed by atoms with van der Waals surface area (Å²) in [6, 6.07) is 8.53. The lowest BCUT2D eigenvalue weighted by Crippen LogP contribution is -2.38. The molecule has 1 saturated heterocycles. The summed E-state index contributed by atoms with van der Waals surface area (Å²) in [7, 11) is 0. The van der Waals surface area contributed by atoms with Crippen LogP contribution in [0.15, 0.2) is 41.2 Å². The molecule has 0 spiro atoms. The molecule has 2 heterocycles. The first-order chi connectivity index (χ1) is 12.7. The fourth-order valence-electron chi connectivity index (χ4n) is 5.14. The Bertz CT molecular complexity index is 951. The minimum absolute atomic E-state index is 0.132. The van der Waals surface area contributed by atoms with Crippen molar-refractivity contribution in [2.45, 2.75) is 46.1 Å². The van der Waals surface area contributed by atoms with Gasteiger partial charge in [-0.05, 0) is 60.4 Å². The molecule has 0 radical (unpaired) electrons. The van der Waals surface area contributed by atoms with E-state index in [1.165, 1.54) is 36.4 Å². The van der Waals surface area contributed by atoms with Gasteiger partial charge < -0.3 is 4.90 Å². The highest BCUT2D eigenvalue weighted by atomic mass is 19.1. The predicted octanol–water partition coefficient (Wildman–Crippen LogP) is 3.41. The maximum absolute atomic E-state index is 13.2. The number of fused-ring (bicyclic) bond motifs is 2. The third kappa shape index (κ3) is 3.29. The molecular formula is C21H24FN3O2. The molecule has 4 rings (SSSR count). The van der Waals surface area contributed by atoms with Crippen LogP contribution in [0.3, 0.4) is 0 Å². The summed E-state index contributed by atoms with van der Waals surface area (Å²) < 4.78 is 14.3. The number of nitrogens with zero attached hydrogens (tertiary/aromatic N) is 3. The van der Waals surface area contributed by atoms with E-state index >= 15 is 0 Å². The number of carbonyl (C=O) groups excluding carboxylic acids is 1. The zero-order valence-electron chi connectivity index (χ0n) is 15.9. The number of likely N-dealkylation sites (tertiary alicyclic amines) is 1. The normalized spacial score (nSPS) is 26.2. The molecule has 2 aliphatic rings. The highest BCUT2D eigenvalue weighted by Gasteiger charge is 2.51. The molecule has 5 nitrogen and oxygen atoms in total. The number of carbonyl (C=O) groups is 1. The van der Waals surface area contributed by atoms with Crippen molar-refractivity contribution in [3.8, 4) is 5.69 Å². The van der Waals surface area contributed by atoms with E-state index in [-0.39, 0.29) is 39.8 Å². The number of amides is 1. The number of halogens is 1. The number of rotatable bonds is 2. The van der Waals surface area contributed by atoms with Gasteiger partial charge in [0, 0.05) is 18.7 Å². The summed E-state index contributed by atoms with van der Waals surface area (Å²) in [5, 5.41) is 4.28. The zero-order valence-corrected chi connectivity index (χ0v) is 15.9. The van der Waals surface area contributed by atoms with Crippen molar-refractivity contribution in [2.75, 3.05) is 6.54 Å². The van der Waals surface area contributed by atoms with Crippen LogP contribution in [0.5, 0.6) is 0 Å². The average Bonchev–Trinajstić information content (AvgIpc) is 2.84. The lowest BCUT2D eigenvalue weighted by Gasteiger charge is -2.39. The van der Waals surface area contributed by atoms with Crippen molar-refractivity contribution in [2.24, 2.45) is 10.8 Å². The van der Waals surface area contributed by atoms with E-state index in [4.69, 9.17) is 0 Å². The van der Waals surface area contributed by atoms with E-state index in [9.17, 15) is 14.0 Å². The maximum atomic E-state index is 13.2. The molecule has 1 amide bonds. The Morgan fingerprint density at radius 2 is 1.81 bits per heavy atom. The van der Waals surface area contributed by atoms with Crippen LogP contribution < -0.4 is 5.56 Å². The highest BCUT2D eigenvalue weighted by molar-refractivity contribution is 5.92. The van der Waals surface area contributed by atoms with Gasteiger partial charge in [0.1, 0.15) is 11.5 Å². The Hall–Kier alpha value is -2.50. The first-order valence-electron chi connectivity index (χ1n) is 9.33. The first kappa shape index (κ1) is 17.9. The zero-order chi connectivity index (χ0) is 19.4. The molecule has 142 valence electrons. The summed E-state index contributed by atoms with van der Waals surface area (Å²) in [6.45, 7) is 7.50. The fraction of sp³-hybridized carbons (Fsp3) is 0.476. The maximum Gasteiger partial charge on any atom is 0.274 e. The van der Waals surface area contributed by atoms with Crippen molar-refractivity contribution >= 4 is 5.91 Å². The van der Waals surface area contributed by atoms with Crippen molar-refractivity contribution in [3.63, 3.8) is 0 Å². The second kappa shape index (κ2) is 6.01. The van der Waals surface area contributed by atoms with Gasteiger partial charge in [-0.3, -0.25) is 9.59 Å². The largest absolute Gasteiger partial charge is 0.334 e. The monoisotopic (exact) mass is 369 g/mol. The van der Waals surface area contributed by atoms with Crippen molar-refractivity contribution in [3.05, 3.63) is 58.3 Å². The number of benzene rings is 1. The van der Waals surface area contributed by atoms with Crippen LogP contribution in [-0.4, -0.2) is 33.2 Å². The van der Waals surface area contributed by atoms with Crippen molar-refractivity contribution in [1.29, 1.82) is 0 Å². The van der Waals surface area contributed by atoms with E-state index < -0.39 is 0 Å². The fourth-order valence-corrected chi connectivity index (χ4v) is 5.14. The minimum Gasteiger partial charge on any atom is -0.334 e. The second-order valence-electron chi connectivity index (χ2n) is 9.09. The van der Waals surface area contributed by atoms with Gasteiger partial charge in [0.2, 0.25) is 0 Å². The molecule has 27 heavy (non-hydrogen) atoms. The second-order valence-corrected chi connectivity index (χ2v) is 9.09. The van der Waals surface area contributed by atoms with Gasteiger partial charge in [-0.2, -0.15) is 9.78 Å². The van der Waals surface area contributed by atoms with E-state index in [2.05, 4.69) is 25.9 Å². The summed E-state index contributed by atoms with van der Waals surface area (Å²) in [6.07, 6.45) is 3.09. The number of hydrogen-bond acceptors (Lipinski definition) is 3. The van der Waals surface area contributed by atoms with Gasteiger partial charge in [-0.15, -0.1) is 0 Å². The van der Waals surface area contributed by atoms with Crippen molar-refractivity contribution in [1.82, 2.24) is 14.7 Å². The van der Waals surface area contributed by atoms with Crippen LogP contribution in [0.25, 0.3) is 5.69 Å². The molecule has 1 saturated carbocycles. The van der Waals surface area contributed by atoms with E-state index in [1.807, 2.05) is 4.90 Å². The molecule has 2 unspecified atom stereocenters. The topological polar surface area (TPSA) is 55.2 Å². The summed E-state index contributed by atoms with van der Waals surface area (Å²) in [4.78, 5) is 27.3. The van der Waals surface area contributed by atoms with Gasteiger partial charge >= 0.3 is 0 Å². The van der Waals surface area contributed by atoms with Gasteiger partial charge in [-0.25, -0.2) is 4.39 Å². The first-order valence-corrected chi connectivity index (χ1v) is 9.33. The smallest absolute Gasteiger partial charge is 0.274 e. The molecule has 2 bridgehead atoms. The third-order valence-corrected chi connectivity index (χ3v) is 5.77. The van der Waals surface area contributed by atoms with Crippen LogP contribution in [0, 0.1) is 16.6 Å². The highest BCUT2D eigenvalue weighted by Crippen LogP contribution is 2.52.